The summed E-state index contributed by atoms with van der Waals surface area (Å²) in [5.74, 6) is 0. The molecule has 0 aliphatic rings. The highest BCUT2D eigenvalue weighted by Gasteiger charge is 2.17. The number of nitrogens with two attached hydrogens (primary N) is 1. The molecular weight excluding hydrogens is 178 g/mol. The second kappa shape index (κ2) is 4.57. The fourth-order valence-electron chi connectivity index (χ4n) is 1.43. The molecular formula is C10H19N3O. The first-order valence-electron chi connectivity index (χ1n) is 4.79. The molecule has 0 aromatic carbocycles. The van der Waals surface area contributed by atoms with E-state index in [4.69, 9.17) is 10.5 Å². The molecule has 0 bridgehead atoms. The molecule has 2 N–H and O–H groups in total. The molecule has 0 spiro atoms. The molecule has 0 radical (unpaired) electrons. The maximum absolute atomic E-state index is 6.03. The fraction of sp³-hybridized carbons (Fsp3) is 0.700. The quantitative estimate of drug-likeness (QED) is 0.756. The normalized spacial score (nSPS) is 15.4. The standard InChI is InChI=1S/C10H19N3O/c1-10(11,8-14-3)5-4-9-6-12-13(2)7-9/h6-7H,4-5,8,11H2,1-3H3. The van der Waals surface area contributed by atoms with Crippen molar-refractivity contribution >= 4 is 0 Å². The van der Waals surface area contributed by atoms with E-state index in [9.17, 15) is 0 Å². The Balaban J connectivity index is 2.40. The van der Waals surface area contributed by atoms with Crippen molar-refractivity contribution in [3.8, 4) is 0 Å². The minimum atomic E-state index is -0.245. The molecule has 0 amide bonds. The lowest BCUT2D eigenvalue weighted by molar-refractivity contribution is 0.136. The maximum atomic E-state index is 6.03. The zero-order valence-corrected chi connectivity index (χ0v) is 9.16. The summed E-state index contributed by atoms with van der Waals surface area (Å²) < 4.78 is 6.86. The van der Waals surface area contributed by atoms with E-state index < -0.39 is 0 Å². The van der Waals surface area contributed by atoms with Gasteiger partial charge in [0.25, 0.3) is 0 Å². The third kappa shape index (κ3) is 3.47. The van der Waals surface area contributed by atoms with Gasteiger partial charge in [-0.15, -0.1) is 0 Å². The zero-order valence-electron chi connectivity index (χ0n) is 9.16. The van der Waals surface area contributed by atoms with Crippen molar-refractivity contribution < 1.29 is 4.74 Å². The second-order valence-electron chi connectivity index (χ2n) is 4.11. The van der Waals surface area contributed by atoms with Gasteiger partial charge < -0.3 is 10.5 Å². The van der Waals surface area contributed by atoms with Crippen LogP contribution < -0.4 is 5.73 Å². The molecule has 1 atom stereocenters. The summed E-state index contributed by atoms with van der Waals surface area (Å²) in [6.45, 7) is 2.60. The first-order chi connectivity index (χ1) is 6.53. The van der Waals surface area contributed by atoms with Crippen LogP contribution in [0.4, 0.5) is 0 Å². The number of rotatable bonds is 5. The van der Waals surface area contributed by atoms with E-state index in [1.54, 1.807) is 11.8 Å². The molecule has 0 fully saturated rings. The number of hydrogen-bond acceptors (Lipinski definition) is 3. The third-order valence-corrected chi connectivity index (χ3v) is 2.22. The van der Waals surface area contributed by atoms with Crippen LogP contribution in [0.2, 0.25) is 0 Å². The first-order valence-corrected chi connectivity index (χ1v) is 4.79. The molecule has 0 aliphatic heterocycles. The van der Waals surface area contributed by atoms with Crippen LogP contribution in [0.3, 0.4) is 0 Å². The summed E-state index contributed by atoms with van der Waals surface area (Å²) in [6, 6.07) is 0. The van der Waals surface area contributed by atoms with E-state index in [1.165, 1.54) is 5.56 Å². The van der Waals surface area contributed by atoms with Crippen LogP contribution in [0.1, 0.15) is 18.9 Å². The van der Waals surface area contributed by atoms with Crippen LogP contribution in [0.25, 0.3) is 0 Å². The zero-order chi connectivity index (χ0) is 10.6. The van der Waals surface area contributed by atoms with Gasteiger partial charge in [-0.05, 0) is 25.3 Å². The van der Waals surface area contributed by atoms with Gasteiger partial charge in [-0.25, -0.2) is 0 Å². The highest BCUT2D eigenvalue weighted by Crippen LogP contribution is 2.11. The van der Waals surface area contributed by atoms with Gasteiger partial charge in [0.05, 0.1) is 12.8 Å². The summed E-state index contributed by atoms with van der Waals surface area (Å²) in [5.41, 5.74) is 7.01. The fourth-order valence-corrected chi connectivity index (χ4v) is 1.43. The van der Waals surface area contributed by atoms with Crippen LogP contribution >= 0.6 is 0 Å². The molecule has 4 nitrogen and oxygen atoms in total. The molecule has 1 unspecified atom stereocenters. The van der Waals surface area contributed by atoms with E-state index in [1.807, 2.05) is 26.4 Å². The summed E-state index contributed by atoms with van der Waals surface area (Å²) in [6.07, 6.45) is 5.75. The van der Waals surface area contributed by atoms with E-state index in [0.717, 1.165) is 12.8 Å². The smallest absolute Gasteiger partial charge is 0.0639 e. The Morgan fingerprint density at radius 2 is 2.36 bits per heavy atom. The highest BCUT2D eigenvalue weighted by molar-refractivity contribution is 5.04. The van der Waals surface area contributed by atoms with Crippen LogP contribution in [0, 0.1) is 0 Å². The molecule has 4 heteroatoms. The minimum absolute atomic E-state index is 0.245. The van der Waals surface area contributed by atoms with Gasteiger partial charge in [-0.1, -0.05) is 0 Å². The first kappa shape index (κ1) is 11.2. The van der Waals surface area contributed by atoms with Gasteiger partial charge >= 0.3 is 0 Å². The Hall–Kier alpha value is -0.870. The number of aryl methyl sites for hydroxylation is 2. The van der Waals surface area contributed by atoms with Gasteiger partial charge in [0.15, 0.2) is 0 Å². The molecule has 1 heterocycles. The minimum Gasteiger partial charge on any atom is -0.383 e. The van der Waals surface area contributed by atoms with E-state index in [-0.39, 0.29) is 5.54 Å². The lowest BCUT2D eigenvalue weighted by Crippen LogP contribution is -2.41. The van der Waals surface area contributed by atoms with Crippen molar-refractivity contribution in [2.45, 2.75) is 25.3 Å². The van der Waals surface area contributed by atoms with Gasteiger partial charge in [0, 0.05) is 25.9 Å². The highest BCUT2D eigenvalue weighted by atomic mass is 16.5. The molecule has 1 aromatic heterocycles. The van der Waals surface area contributed by atoms with Crippen molar-refractivity contribution in [1.82, 2.24) is 9.78 Å². The molecule has 0 aliphatic carbocycles. The van der Waals surface area contributed by atoms with E-state index in [0.29, 0.717) is 6.61 Å². The topological polar surface area (TPSA) is 53.1 Å². The second-order valence-corrected chi connectivity index (χ2v) is 4.11. The Morgan fingerprint density at radius 3 is 2.86 bits per heavy atom. The van der Waals surface area contributed by atoms with Crippen molar-refractivity contribution in [3.63, 3.8) is 0 Å². The summed E-state index contributed by atoms with van der Waals surface area (Å²) in [5, 5.41) is 4.11. The summed E-state index contributed by atoms with van der Waals surface area (Å²) in [4.78, 5) is 0. The molecule has 0 saturated carbocycles. The Kier molecular flexibility index (Phi) is 3.66. The van der Waals surface area contributed by atoms with Gasteiger partial charge in [0.1, 0.15) is 0 Å². The maximum Gasteiger partial charge on any atom is 0.0639 e. The predicted octanol–water partition coefficient (Wildman–Crippen LogP) is 0.716. The Labute approximate surface area is 85.0 Å². The van der Waals surface area contributed by atoms with E-state index in [2.05, 4.69) is 5.10 Å². The molecule has 0 saturated heterocycles. The van der Waals surface area contributed by atoms with Crippen molar-refractivity contribution in [2.75, 3.05) is 13.7 Å². The molecule has 80 valence electrons. The van der Waals surface area contributed by atoms with Crippen LogP contribution in [0.15, 0.2) is 12.4 Å². The largest absolute Gasteiger partial charge is 0.383 e. The van der Waals surface area contributed by atoms with Crippen LogP contribution in [-0.4, -0.2) is 29.0 Å². The predicted molar refractivity (Wildman–Crippen MR) is 56.0 cm³/mol. The number of methoxy groups -OCH3 is 1. The SMILES string of the molecule is COCC(C)(N)CCc1cnn(C)c1. The number of nitrogens with zero attached hydrogens (tertiary/aromatic N) is 2. The lowest BCUT2D eigenvalue weighted by atomic mass is 9.96. The molecule has 1 rings (SSSR count). The molecule has 1 aromatic rings. The molecule has 14 heavy (non-hydrogen) atoms. The van der Waals surface area contributed by atoms with Gasteiger partial charge in [-0.2, -0.15) is 5.10 Å². The lowest BCUT2D eigenvalue weighted by Gasteiger charge is -2.22. The van der Waals surface area contributed by atoms with Crippen molar-refractivity contribution in [1.29, 1.82) is 0 Å². The van der Waals surface area contributed by atoms with Crippen molar-refractivity contribution in [2.24, 2.45) is 12.8 Å². The summed E-state index contributed by atoms with van der Waals surface area (Å²) in [7, 11) is 3.59. The van der Waals surface area contributed by atoms with E-state index >= 15 is 0 Å². The van der Waals surface area contributed by atoms with Crippen LogP contribution in [-0.2, 0) is 18.2 Å². The van der Waals surface area contributed by atoms with Crippen molar-refractivity contribution in [3.05, 3.63) is 18.0 Å². The number of hydrogen-bond donors (Lipinski definition) is 1. The average molecular weight is 197 g/mol. The monoisotopic (exact) mass is 197 g/mol. The Morgan fingerprint density at radius 1 is 1.64 bits per heavy atom. The van der Waals surface area contributed by atoms with Gasteiger partial charge in [0.2, 0.25) is 0 Å². The third-order valence-electron chi connectivity index (χ3n) is 2.22. The Bertz CT molecular complexity index is 281. The average Bonchev–Trinajstić information content (AvgIpc) is 2.48. The number of ether oxygens (including phenoxy) is 1. The van der Waals surface area contributed by atoms with Crippen LogP contribution in [0.5, 0.6) is 0 Å². The van der Waals surface area contributed by atoms with Gasteiger partial charge in [-0.3, -0.25) is 4.68 Å². The number of aromatic nitrogens is 2. The summed E-state index contributed by atoms with van der Waals surface area (Å²) >= 11 is 0.